The Morgan fingerprint density at radius 2 is 2.13 bits per heavy atom. The molecule has 15 heavy (non-hydrogen) atoms. The summed E-state index contributed by atoms with van der Waals surface area (Å²) in [7, 11) is 0. The Labute approximate surface area is 85.7 Å². The van der Waals surface area contributed by atoms with Crippen LogP contribution in [0.25, 0.3) is 0 Å². The maximum atomic E-state index is 12.3. The highest BCUT2D eigenvalue weighted by Crippen LogP contribution is 2.31. The molecule has 0 aliphatic heterocycles. The summed E-state index contributed by atoms with van der Waals surface area (Å²) >= 11 is 0.184. The van der Waals surface area contributed by atoms with E-state index >= 15 is 0 Å². The number of aromatic amines is 1. The topological polar surface area (TPSA) is 59.2 Å². The lowest BCUT2D eigenvalue weighted by molar-refractivity contribution is -0.141. The lowest BCUT2D eigenvalue weighted by Crippen LogP contribution is -2.14. The molecule has 1 aromatic rings. The van der Waals surface area contributed by atoms with Crippen molar-refractivity contribution in [2.45, 2.75) is 13.1 Å². The first kappa shape index (κ1) is 11.8. The Morgan fingerprint density at radius 3 is 2.60 bits per heavy atom. The molecule has 1 heterocycles. The number of aromatic nitrogens is 1. The molecule has 0 unspecified atom stereocenters. The van der Waals surface area contributed by atoms with Gasteiger partial charge in [-0.05, 0) is 6.92 Å². The van der Waals surface area contributed by atoms with Gasteiger partial charge in [-0.2, -0.15) is 13.2 Å². The fraction of sp³-hybridized carbons (Fsp3) is 0.429. The number of carbonyl (C=O) groups is 1. The molecule has 84 valence electrons. The van der Waals surface area contributed by atoms with E-state index in [-0.39, 0.29) is 17.9 Å². The molecule has 0 radical (unpaired) electrons. The van der Waals surface area contributed by atoms with E-state index in [2.05, 4.69) is 4.74 Å². The molecule has 0 aromatic carbocycles. The number of hydrogen-bond acceptors (Lipinski definition) is 4. The highest BCUT2D eigenvalue weighted by molar-refractivity contribution is 7.11. The monoisotopic (exact) mass is 241 g/mol. The number of H-pyrrole nitrogens is 1. The molecular formula is C7H6F3NO3S. The van der Waals surface area contributed by atoms with Crippen molar-refractivity contribution in [3.05, 3.63) is 20.2 Å². The molecule has 0 saturated heterocycles. The van der Waals surface area contributed by atoms with Crippen LogP contribution in [-0.4, -0.2) is 17.6 Å². The van der Waals surface area contributed by atoms with Gasteiger partial charge in [-0.1, -0.05) is 11.3 Å². The van der Waals surface area contributed by atoms with E-state index in [9.17, 15) is 22.8 Å². The Bertz CT molecular complexity index is 420. The third kappa shape index (κ3) is 2.58. The smallest absolute Gasteiger partial charge is 0.433 e. The SMILES string of the molecule is CCOC(=O)c1sc(=O)[nH]c1C(F)(F)F. The molecule has 1 N–H and O–H groups in total. The van der Waals surface area contributed by atoms with E-state index in [0.717, 1.165) is 0 Å². The van der Waals surface area contributed by atoms with Crippen LogP contribution in [-0.2, 0) is 10.9 Å². The van der Waals surface area contributed by atoms with Gasteiger partial charge in [-0.15, -0.1) is 0 Å². The summed E-state index contributed by atoms with van der Waals surface area (Å²) in [6.07, 6.45) is -4.76. The summed E-state index contributed by atoms with van der Waals surface area (Å²) in [6.45, 7) is 1.41. The molecule has 0 fully saturated rings. The van der Waals surface area contributed by atoms with Crippen molar-refractivity contribution in [3.63, 3.8) is 0 Å². The Balaban J connectivity index is 3.18. The zero-order valence-corrected chi connectivity index (χ0v) is 8.29. The summed E-state index contributed by atoms with van der Waals surface area (Å²) < 4.78 is 41.3. The third-order valence-corrected chi connectivity index (χ3v) is 2.26. The van der Waals surface area contributed by atoms with Crippen molar-refractivity contribution in [1.29, 1.82) is 0 Å². The fourth-order valence-electron chi connectivity index (χ4n) is 0.868. The van der Waals surface area contributed by atoms with Gasteiger partial charge in [0, 0.05) is 0 Å². The average Bonchev–Trinajstić information content (AvgIpc) is 2.47. The van der Waals surface area contributed by atoms with Crippen molar-refractivity contribution in [2.75, 3.05) is 6.61 Å². The highest BCUT2D eigenvalue weighted by Gasteiger charge is 2.38. The van der Waals surface area contributed by atoms with Crippen molar-refractivity contribution in [2.24, 2.45) is 0 Å². The van der Waals surface area contributed by atoms with Gasteiger partial charge in [-0.3, -0.25) is 4.79 Å². The van der Waals surface area contributed by atoms with Crippen LogP contribution >= 0.6 is 11.3 Å². The van der Waals surface area contributed by atoms with E-state index in [0.29, 0.717) is 0 Å². The predicted molar refractivity (Wildman–Crippen MR) is 45.9 cm³/mol. The van der Waals surface area contributed by atoms with Crippen molar-refractivity contribution < 1.29 is 22.7 Å². The summed E-state index contributed by atoms with van der Waals surface area (Å²) in [5.41, 5.74) is -1.35. The zero-order chi connectivity index (χ0) is 11.6. The first-order valence-electron chi connectivity index (χ1n) is 3.83. The molecule has 0 atom stereocenters. The molecule has 4 nitrogen and oxygen atoms in total. The minimum Gasteiger partial charge on any atom is -0.462 e. The molecule has 0 spiro atoms. The van der Waals surface area contributed by atoms with Gasteiger partial charge in [-0.25, -0.2) is 4.79 Å². The van der Waals surface area contributed by atoms with Crippen LogP contribution in [0.15, 0.2) is 4.79 Å². The van der Waals surface area contributed by atoms with E-state index in [4.69, 9.17) is 0 Å². The number of ether oxygens (including phenoxy) is 1. The average molecular weight is 241 g/mol. The summed E-state index contributed by atoms with van der Waals surface area (Å²) in [5.74, 6) is -1.15. The van der Waals surface area contributed by atoms with Crippen LogP contribution < -0.4 is 4.87 Å². The largest absolute Gasteiger partial charge is 0.462 e. The minimum atomic E-state index is -4.76. The van der Waals surface area contributed by atoms with Crippen LogP contribution in [0.5, 0.6) is 0 Å². The second-order valence-electron chi connectivity index (χ2n) is 2.44. The second-order valence-corrected chi connectivity index (χ2v) is 3.42. The number of thiazole rings is 1. The number of nitrogens with one attached hydrogen (secondary N) is 1. The van der Waals surface area contributed by atoms with Crippen LogP contribution in [0.4, 0.5) is 13.2 Å². The van der Waals surface area contributed by atoms with Crippen LogP contribution in [0, 0.1) is 0 Å². The first-order chi connectivity index (χ1) is 6.86. The maximum Gasteiger partial charge on any atom is 0.433 e. The van der Waals surface area contributed by atoms with Crippen molar-refractivity contribution in [1.82, 2.24) is 4.98 Å². The molecule has 1 rings (SSSR count). The summed E-state index contributed by atoms with van der Waals surface area (Å²) in [4.78, 5) is 21.7. The van der Waals surface area contributed by atoms with Gasteiger partial charge in [0.2, 0.25) is 0 Å². The standard InChI is InChI=1S/C7H6F3NO3S/c1-2-14-5(12)3-4(7(8,9)10)11-6(13)15-3/h2H2,1H3,(H,11,13). The number of esters is 1. The van der Waals surface area contributed by atoms with Crippen LogP contribution in [0.2, 0.25) is 0 Å². The van der Waals surface area contributed by atoms with E-state index < -0.39 is 27.6 Å². The van der Waals surface area contributed by atoms with E-state index in [1.54, 1.807) is 4.98 Å². The van der Waals surface area contributed by atoms with Crippen molar-refractivity contribution in [3.8, 4) is 0 Å². The number of halogens is 3. The molecule has 0 amide bonds. The summed E-state index contributed by atoms with van der Waals surface area (Å²) in [5, 5.41) is 0. The second kappa shape index (κ2) is 4.05. The zero-order valence-electron chi connectivity index (χ0n) is 7.47. The fourth-order valence-corrected chi connectivity index (χ4v) is 1.62. The van der Waals surface area contributed by atoms with E-state index in [1.807, 2.05) is 0 Å². The van der Waals surface area contributed by atoms with Crippen LogP contribution in [0.1, 0.15) is 22.3 Å². The van der Waals surface area contributed by atoms with Gasteiger partial charge in [0.05, 0.1) is 6.61 Å². The number of hydrogen-bond donors (Lipinski definition) is 1. The first-order valence-corrected chi connectivity index (χ1v) is 4.65. The quantitative estimate of drug-likeness (QED) is 0.800. The molecule has 0 aliphatic carbocycles. The lowest BCUT2D eigenvalue weighted by atomic mass is 10.3. The van der Waals surface area contributed by atoms with Gasteiger partial charge < -0.3 is 9.72 Å². The number of rotatable bonds is 2. The Morgan fingerprint density at radius 1 is 1.53 bits per heavy atom. The van der Waals surface area contributed by atoms with Crippen LogP contribution in [0.3, 0.4) is 0 Å². The lowest BCUT2D eigenvalue weighted by Gasteiger charge is -2.05. The summed E-state index contributed by atoms with van der Waals surface area (Å²) in [6, 6.07) is 0. The Hall–Kier alpha value is -1.31. The van der Waals surface area contributed by atoms with Gasteiger partial charge in [0.1, 0.15) is 10.6 Å². The van der Waals surface area contributed by atoms with Gasteiger partial charge in [0.25, 0.3) is 0 Å². The number of alkyl halides is 3. The predicted octanol–water partition coefficient (Wildman–Crippen LogP) is 1.63. The molecule has 0 aliphatic rings. The molecule has 0 saturated carbocycles. The Kier molecular flexibility index (Phi) is 3.18. The van der Waals surface area contributed by atoms with Gasteiger partial charge in [0.15, 0.2) is 0 Å². The molecular weight excluding hydrogens is 235 g/mol. The van der Waals surface area contributed by atoms with Gasteiger partial charge >= 0.3 is 17.0 Å². The number of carbonyl (C=O) groups excluding carboxylic acids is 1. The van der Waals surface area contributed by atoms with Crippen molar-refractivity contribution >= 4 is 17.3 Å². The molecule has 8 heteroatoms. The minimum absolute atomic E-state index is 0.0534. The maximum absolute atomic E-state index is 12.3. The molecule has 1 aromatic heterocycles. The molecule has 0 bridgehead atoms. The third-order valence-electron chi connectivity index (χ3n) is 1.39. The van der Waals surface area contributed by atoms with E-state index in [1.165, 1.54) is 6.92 Å². The normalized spacial score (nSPS) is 11.5. The highest BCUT2D eigenvalue weighted by atomic mass is 32.1.